The van der Waals surface area contributed by atoms with Crippen LogP contribution in [-0.4, -0.2) is 36.1 Å². The van der Waals surface area contributed by atoms with Crippen LogP contribution in [0.2, 0.25) is 5.02 Å². The second-order valence-corrected chi connectivity index (χ2v) is 6.17. The maximum atomic E-state index is 12.6. The summed E-state index contributed by atoms with van der Waals surface area (Å²) < 4.78 is 5.38. The van der Waals surface area contributed by atoms with Gasteiger partial charge in [-0.1, -0.05) is 23.7 Å². The predicted octanol–water partition coefficient (Wildman–Crippen LogP) is 2.73. The zero-order valence-corrected chi connectivity index (χ0v) is 13.0. The van der Waals surface area contributed by atoms with Gasteiger partial charge in [-0.25, -0.2) is 0 Å². The summed E-state index contributed by atoms with van der Waals surface area (Å²) >= 11 is 6.09. The van der Waals surface area contributed by atoms with E-state index in [-0.39, 0.29) is 17.6 Å². The number of rotatable bonds is 6. The molecule has 2 fully saturated rings. The minimum atomic E-state index is -0.307. The first-order chi connectivity index (χ1) is 10.2. The van der Waals surface area contributed by atoms with Gasteiger partial charge in [0.1, 0.15) is 11.7 Å². The van der Waals surface area contributed by atoms with Crippen molar-refractivity contribution in [2.75, 3.05) is 19.8 Å². The van der Waals surface area contributed by atoms with E-state index in [9.17, 15) is 4.79 Å². The maximum absolute atomic E-state index is 12.6. The molecule has 0 aromatic heterocycles. The summed E-state index contributed by atoms with van der Waals surface area (Å²) in [6.45, 7) is 4.10. The zero-order chi connectivity index (χ0) is 14.9. The summed E-state index contributed by atoms with van der Waals surface area (Å²) in [5.41, 5.74) is 0.745. The standard InChI is InChI=1S/C16H21ClN2O2/c1-2-21-10-4-9-19-14(12-5-3-6-13(17)11-12)18-16(7-8-16)15(19)20/h3,5-6,11,14,18H,2,4,7-10H2,1H3. The minimum absolute atomic E-state index is 0.0691. The average molecular weight is 309 g/mol. The number of amides is 1. The molecule has 1 aliphatic carbocycles. The van der Waals surface area contributed by atoms with Gasteiger partial charge in [-0.3, -0.25) is 10.1 Å². The van der Waals surface area contributed by atoms with E-state index in [2.05, 4.69) is 5.32 Å². The Balaban J connectivity index is 1.75. The van der Waals surface area contributed by atoms with Crippen molar-refractivity contribution in [3.05, 3.63) is 34.9 Å². The molecule has 1 saturated carbocycles. The molecule has 5 heteroatoms. The predicted molar refractivity (Wildman–Crippen MR) is 82.1 cm³/mol. The monoisotopic (exact) mass is 308 g/mol. The molecule has 1 atom stereocenters. The highest BCUT2D eigenvalue weighted by Gasteiger charge is 2.59. The van der Waals surface area contributed by atoms with Crippen LogP contribution in [0.5, 0.6) is 0 Å². The smallest absolute Gasteiger partial charge is 0.244 e. The van der Waals surface area contributed by atoms with Gasteiger partial charge >= 0.3 is 0 Å². The summed E-state index contributed by atoms with van der Waals surface area (Å²) in [6, 6.07) is 7.74. The van der Waals surface area contributed by atoms with Crippen LogP contribution in [0, 0.1) is 0 Å². The summed E-state index contributed by atoms with van der Waals surface area (Å²) in [7, 11) is 0. The van der Waals surface area contributed by atoms with E-state index in [0.717, 1.165) is 24.8 Å². The molecule has 4 nitrogen and oxygen atoms in total. The third-order valence-corrected chi connectivity index (χ3v) is 4.44. The van der Waals surface area contributed by atoms with Crippen LogP contribution in [0.1, 0.15) is 37.9 Å². The molecule has 1 aromatic carbocycles. The van der Waals surface area contributed by atoms with E-state index >= 15 is 0 Å². The first kappa shape index (κ1) is 14.8. The van der Waals surface area contributed by atoms with Crippen molar-refractivity contribution >= 4 is 17.5 Å². The van der Waals surface area contributed by atoms with Crippen molar-refractivity contribution in [3.8, 4) is 0 Å². The van der Waals surface area contributed by atoms with Crippen molar-refractivity contribution < 1.29 is 9.53 Å². The molecular formula is C16H21ClN2O2. The van der Waals surface area contributed by atoms with Gasteiger partial charge in [-0.05, 0) is 43.9 Å². The van der Waals surface area contributed by atoms with E-state index in [1.807, 2.05) is 36.1 Å². The Hall–Kier alpha value is -1.10. The molecule has 3 rings (SSSR count). The summed E-state index contributed by atoms with van der Waals surface area (Å²) in [5.74, 6) is 0.226. The van der Waals surface area contributed by atoms with Crippen LogP contribution < -0.4 is 5.32 Å². The van der Waals surface area contributed by atoms with E-state index in [4.69, 9.17) is 16.3 Å². The Morgan fingerprint density at radius 3 is 2.95 bits per heavy atom. The van der Waals surface area contributed by atoms with Crippen LogP contribution in [0.3, 0.4) is 0 Å². The van der Waals surface area contributed by atoms with Crippen molar-refractivity contribution in [3.63, 3.8) is 0 Å². The molecule has 1 heterocycles. The number of hydrogen-bond acceptors (Lipinski definition) is 3. The molecule has 1 saturated heterocycles. The lowest BCUT2D eigenvalue weighted by Crippen LogP contribution is -2.33. The lowest BCUT2D eigenvalue weighted by molar-refractivity contribution is -0.131. The first-order valence-corrected chi connectivity index (χ1v) is 7.96. The Kier molecular flexibility index (Phi) is 4.20. The van der Waals surface area contributed by atoms with E-state index in [1.165, 1.54) is 0 Å². The van der Waals surface area contributed by atoms with Gasteiger partial charge in [0.2, 0.25) is 5.91 Å². The molecule has 1 spiro atoms. The third-order valence-electron chi connectivity index (χ3n) is 4.20. The molecule has 21 heavy (non-hydrogen) atoms. The molecule has 1 amide bonds. The molecule has 1 aromatic rings. The van der Waals surface area contributed by atoms with Crippen molar-refractivity contribution in [2.24, 2.45) is 0 Å². The molecule has 114 valence electrons. The van der Waals surface area contributed by atoms with Gasteiger partial charge in [0, 0.05) is 24.8 Å². The highest BCUT2D eigenvalue weighted by molar-refractivity contribution is 6.30. The van der Waals surface area contributed by atoms with Crippen molar-refractivity contribution in [1.82, 2.24) is 10.2 Å². The van der Waals surface area contributed by atoms with E-state index in [1.54, 1.807) is 0 Å². The van der Waals surface area contributed by atoms with E-state index < -0.39 is 0 Å². The van der Waals surface area contributed by atoms with Crippen LogP contribution in [-0.2, 0) is 9.53 Å². The van der Waals surface area contributed by atoms with Crippen molar-refractivity contribution in [2.45, 2.75) is 37.9 Å². The largest absolute Gasteiger partial charge is 0.382 e. The number of nitrogens with zero attached hydrogens (tertiary/aromatic N) is 1. The minimum Gasteiger partial charge on any atom is -0.382 e. The second-order valence-electron chi connectivity index (χ2n) is 5.73. The SMILES string of the molecule is CCOCCCN1C(=O)C2(CC2)NC1c1cccc(Cl)c1. The summed E-state index contributed by atoms with van der Waals surface area (Å²) in [6.07, 6.45) is 2.66. The summed E-state index contributed by atoms with van der Waals surface area (Å²) in [5, 5.41) is 4.20. The Morgan fingerprint density at radius 1 is 1.48 bits per heavy atom. The van der Waals surface area contributed by atoms with Gasteiger partial charge in [0.05, 0.1) is 0 Å². The normalized spacial score (nSPS) is 23.0. The number of hydrogen-bond donors (Lipinski definition) is 1. The van der Waals surface area contributed by atoms with Gasteiger partial charge < -0.3 is 9.64 Å². The Morgan fingerprint density at radius 2 is 2.29 bits per heavy atom. The fourth-order valence-corrected chi connectivity index (χ4v) is 3.13. The van der Waals surface area contributed by atoms with Crippen LogP contribution in [0.4, 0.5) is 0 Å². The van der Waals surface area contributed by atoms with Crippen molar-refractivity contribution in [1.29, 1.82) is 0 Å². The lowest BCUT2D eigenvalue weighted by Gasteiger charge is -2.24. The Bertz CT molecular complexity index is 531. The number of carbonyl (C=O) groups is 1. The van der Waals surface area contributed by atoms with Crippen LogP contribution in [0.15, 0.2) is 24.3 Å². The average Bonchev–Trinajstić information content (AvgIpc) is 3.20. The van der Waals surface area contributed by atoms with Gasteiger partial charge in [0.25, 0.3) is 0 Å². The quantitative estimate of drug-likeness (QED) is 0.822. The van der Waals surface area contributed by atoms with Gasteiger partial charge in [0.15, 0.2) is 0 Å². The van der Waals surface area contributed by atoms with Crippen LogP contribution >= 0.6 is 11.6 Å². The second kappa shape index (κ2) is 5.95. The number of halogens is 1. The number of carbonyl (C=O) groups excluding carboxylic acids is 1. The van der Waals surface area contributed by atoms with E-state index in [0.29, 0.717) is 24.8 Å². The number of nitrogens with one attached hydrogen (secondary N) is 1. The maximum Gasteiger partial charge on any atom is 0.244 e. The molecular weight excluding hydrogens is 288 g/mol. The van der Waals surface area contributed by atoms with Crippen LogP contribution in [0.25, 0.3) is 0 Å². The lowest BCUT2D eigenvalue weighted by atomic mass is 10.1. The number of benzene rings is 1. The first-order valence-electron chi connectivity index (χ1n) is 7.58. The van der Waals surface area contributed by atoms with Gasteiger partial charge in [-0.15, -0.1) is 0 Å². The molecule has 1 aliphatic heterocycles. The summed E-state index contributed by atoms with van der Waals surface area (Å²) in [4.78, 5) is 14.6. The molecule has 2 aliphatic rings. The molecule has 1 N–H and O–H groups in total. The molecule has 0 radical (unpaired) electrons. The topological polar surface area (TPSA) is 41.6 Å². The zero-order valence-electron chi connectivity index (χ0n) is 12.3. The molecule has 1 unspecified atom stereocenters. The van der Waals surface area contributed by atoms with Gasteiger partial charge in [-0.2, -0.15) is 0 Å². The highest BCUT2D eigenvalue weighted by Crippen LogP contribution is 2.46. The highest BCUT2D eigenvalue weighted by atomic mass is 35.5. The Labute approximate surface area is 130 Å². The third kappa shape index (κ3) is 2.93. The fourth-order valence-electron chi connectivity index (χ4n) is 2.93. The fraction of sp³-hybridized carbons (Fsp3) is 0.562. The number of ether oxygens (including phenoxy) is 1. The molecule has 0 bridgehead atoms.